The minimum atomic E-state index is 0.661. The number of hydrogen-bond donors (Lipinski definition) is 0. The zero-order valence-electron chi connectivity index (χ0n) is 19.0. The SMILES string of the molecule is CCOCCN(C)CCOc1ccc(CN(CC)c2ccc(OC)c(OC)c2)cc1. The van der Waals surface area contributed by atoms with E-state index in [1.165, 1.54) is 5.56 Å². The zero-order chi connectivity index (χ0) is 21.8. The first-order valence-electron chi connectivity index (χ1n) is 10.6. The van der Waals surface area contributed by atoms with Crippen molar-refractivity contribution in [1.82, 2.24) is 4.90 Å². The number of nitrogens with zero attached hydrogens (tertiary/aromatic N) is 2. The molecular weight excluding hydrogens is 380 g/mol. The molecule has 0 amide bonds. The van der Waals surface area contributed by atoms with E-state index in [0.29, 0.717) is 6.61 Å². The molecule has 0 spiro atoms. The van der Waals surface area contributed by atoms with E-state index in [1.54, 1.807) is 14.2 Å². The Labute approximate surface area is 181 Å². The van der Waals surface area contributed by atoms with Gasteiger partial charge in [-0.15, -0.1) is 0 Å². The van der Waals surface area contributed by atoms with Gasteiger partial charge in [0.2, 0.25) is 0 Å². The molecule has 6 heteroatoms. The Morgan fingerprint density at radius 1 is 0.833 bits per heavy atom. The van der Waals surface area contributed by atoms with Crippen LogP contribution in [-0.2, 0) is 11.3 Å². The molecule has 166 valence electrons. The van der Waals surface area contributed by atoms with E-state index in [-0.39, 0.29) is 0 Å². The Hall–Kier alpha value is -2.44. The van der Waals surface area contributed by atoms with Crippen LogP contribution in [0.4, 0.5) is 5.69 Å². The van der Waals surface area contributed by atoms with Crippen molar-refractivity contribution in [2.24, 2.45) is 0 Å². The van der Waals surface area contributed by atoms with E-state index in [0.717, 1.165) is 62.3 Å². The Kier molecular flexibility index (Phi) is 10.3. The second-order valence-electron chi connectivity index (χ2n) is 7.05. The average Bonchev–Trinajstić information content (AvgIpc) is 2.78. The minimum absolute atomic E-state index is 0.661. The molecule has 0 heterocycles. The summed E-state index contributed by atoms with van der Waals surface area (Å²) in [5.74, 6) is 2.37. The molecule has 30 heavy (non-hydrogen) atoms. The Morgan fingerprint density at radius 3 is 2.17 bits per heavy atom. The number of anilines is 1. The predicted octanol–water partition coefficient (Wildman–Crippen LogP) is 4.08. The maximum atomic E-state index is 5.88. The standard InChI is InChI=1S/C24H36N2O4/c1-6-26(21-10-13-23(27-4)24(18-21)28-5)19-20-8-11-22(12-9-20)30-17-15-25(3)14-16-29-7-2/h8-13,18H,6-7,14-17,19H2,1-5H3. The number of ether oxygens (including phenoxy) is 4. The van der Waals surface area contributed by atoms with Gasteiger partial charge in [-0.05, 0) is 50.7 Å². The lowest BCUT2D eigenvalue weighted by atomic mass is 10.2. The fourth-order valence-corrected chi connectivity index (χ4v) is 3.11. The molecule has 0 N–H and O–H groups in total. The maximum Gasteiger partial charge on any atom is 0.162 e. The Balaban J connectivity index is 1.88. The van der Waals surface area contributed by atoms with Crippen molar-refractivity contribution in [2.75, 3.05) is 65.6 Å². The molecular formula is C24H36N2O4. The molecule has 6 nitrogen and oxygen atoms in total. The molecule has 0 atom stereocenters. The van der Waals surface area contributed by atoms with Crippen LogP contribution in [0.25, 0.3) is 0 Å². The molecule has 0 aliphatic heterocycles. The van der Waals surface area contributed by atoms with Crippen LogP contribution in [0.2, 0.25) is 0 Å². The van der Waals surface area contributed by atoms with Gasteiger partial charge in [0.15, 0.2) is 11.5 Å². The second-order valence-corrected chi connectivity index (χ2v) is 7.05. The summed E-state index contributed by atoms with van der Waals surface area (Å²) in [7, 11) is 5.39. The summed E-state index contributed by atoms with van der Waals surface area (Å²) in [5, 5.41) is 0. The molecule has 2 rings (SSSR count). The van der Waals surface area contributed by atoms with E-state index in [2.05, 4.69) is 42.0 Å². The zero-order valence-corrected chi connectivity index (χ0v) is 19.0. The van der Waals surface area contributed by atoms with Crippen molar-refractivity contribution < 1.29 is 18.9 Å². The topological polar surface area (TPSA) is 43.4 Å². The quantitative estimate of drug-likeness (QED) is 0.433. The fraction of sp³-hybridized carbons (Fsp3) is 0.500. The Bertz CT molecular complexity index is 736. The van der Waals surface area contributed by atoms with E-state index < -0.39 is 0 Å². The van der Waals surface area contributed by atoms with Crippen LogP contribution in [0, 0.1) is 0 Å². The van der Waals surface area contributed by atoms with Crippen molar-refractivity contribution in [1.29, 1.82) is 0 Å². The van der Waals surface area contributed by atoms with Crippen molar-refractivity contribution in [2.45, 2.75) is 20.4 Å². The summed E-state index contributed by atoms with van der Waals surface area (Å²) in [6, 6.07) is 14.3. The molecule has 2 aromatic carbocycles. The summed E-state index contributed by atoms with van der Waals surface area (Å²) in [5.41, 5.74) is 2.33. The monoisotopic (exact) mass is 416 g/mol. The molecule has 0 saturated heterocycles. The average molecular weight is 417 g/mol. The molecule has 0 unspecified atom stereocenters. The van der Waals surface area contributed by atoms with Crippen LogP contribution in [0.15, 0.2) is 42.5 Å². The normalized spacial score (nSPS) is 10.9. The number of benzene rings is 2. The van der Waals surface area contributed by atoms with Crippen molar-refractivity contribution in [3.05, 3.63) is 48.0 Å². The molecule has 0 saturated carbocycles. The van der Waals surface area contributed by atoms with Crippen LogP contribution in [0.3, 0.4) is 0 Å². The molecule has 0 bridgehead atoms. The van der Waals surface area contributed by atoms with Crippen LogP contribution in [0.5, 0.6) is 17.2 Å². The Morgan fingerprint density at radius 2 is 1.53 bits per heavy atom. The summed E-state index contributed by atoms with van der Waals surface area (Å²) in [4.78, 5) is 4.51. The number of likely N-dealkylation sites (N-methyl/N-ethyl adjacent to an activating group) is 1. The third kappa shape index (κ3) is 7.43. The first kappa shape index (κ1) is 23.8. The highest BCUT2D eigenvalue weighted by molar-refractivity contribution is 5.56. The molecule has 0 radical (unpaired) electrons. The summed E-state index contributed by atoms with van der Waals surface area (Å²) in [6.45, 7) is 9.84. The van der Waals surface area contributed by atoms with Gasteiger partial charge in [0.05, 0.1) is 20.8 Å². The first-order chi connectivity index (χ1) is 14.6. The lowest BCUT2D eigenvalue weighted by molar-refractivity contribution is 0.116. The number of hydrogen-bond acceptors (Lipinski definition) is 6. The largest absolute Gasteiger partial charge is 0.493 e. The van der Waals surface area contributed by atoms with Gasteiger partial charge in [-0.2, -0.15) is 0 Å². The molecule has 2 aromatic rings. The van der Waals surface area contributed by atoms with Crippen LogP contribution < -0.4 is 19.1 Å². The van der Waals surface area contributed by atoms with Crippen molar-refractivity contribution in [3.63, 3.8) is 0 Å². The highest BCUT2D eigenvalue weighted by atomic mass is 16.5. The molecule has 0 aliphatic rings. The molecule has 0 aliphatic carbocycles. The van der Waals surface area contributed by atoms with Gasteiger partial charge >= 0.3 is 0 Å². The smallest absolute Gasteiger partial charge is 0.162 e. The van der Waals surface area contributed by atoms with Gasteiger partial charge in [-0.1, -0.05) is 12.1 Å². The molecule has 0 fully saturated rings. The predicted molar refractivity (Wildman–Crippen MR) is 122 cm³/mol. The van der Waals surface area contributed by atoms with Crippen molar-refractivity contribution in [3.8, 4) is 17.2 Å². The van der Waals surface area contributed by atoms with Gasteiger partial charge < -0.3 is 28.7 Å². The number of methoxy groups -OCH3 is 2. The summed E-state index contributed by atoms with van der Waals surface area (Å²) in [6.07, 6.45) is 0. The maximum absolute atomic E-state index is 5.88. The first-order valence-corrected chi connectivity index (χ1v) is 10.6. The third-order valence-electron chi connectivity index (χ3n) is 4.97. The van der Waals surface area contributed by atoms with Crippen LogP contribution in [-0.4, -0.2) is 65.6 Å². The second kappa shape index (κ2) is 13.0. The van der Waals surface area contributed by atoms with E-state index in [1.807, 2.05) is 31.2 Å². The highest BCUT2D eigenvalue weighted by Crippen LogP contribution is 2.32. The minimum Gasteiger partial charge on any atom is -0.493 e. The van der Waals surface area contributed by atoms with Gasteiger partial charge in [0.1, 0.15) is 12.4 Å². The van der Waals surface area contributed by atoms with E-state index in [4.69, 9.17) is 18.9 Å². The lowest BCUT2D eigenvalue weighted by Crippen LogP contribution is -2.27. The lowest BCUT2D eigenvalue weighted by Gasteiger charge is -2.24. The van der Waals surface area contributed by atoms with Gasteiger partial charge in [-0.25, -0.2) is 0 Å². The summed E-state index contributed by atoms with van der Waals surface area (Å²) < 4.78 is 22.0. The van der Waals surface area contributed by atoms with E-state index in [9.17, 15) is 0 Å². The van der Waals surface area contributed by atoms with Crippen LogP contribution in [0.1, 0.15) is 19.4 Å². The van der Waals surface area contributed by atoms with Gasteiger partial charge in [-0.3, -0.25) is 0 Å². The third-order valence-corrected chi connectivity index (χ3v) is 4.97. The van der Waals surface area contributed by atoms with Gasteiger partial charge in [0.25, 0.3) is 0 Å². The van der Waals surface area contributed by atoms with Crippen LogP contribution >= 0.6 is 0 Å². The summed E-state index contributed by atoms with van der Waals surface area (Å²) >= 11 is 0. The van der Waals surface area contributed by atoms with E-state index >= 15 is 0 Å². The van der Waals surface area contributed by atoms with Crippen molar-refractivity contribution >= 4 is 5.69 Å². The number of rotatable bonds is 14. The van der Waals surface area contributed by atoms with Gasteiger partial charge in [0, 0.05) is 44.5 Å². The fourth-order valence-electron chi connectivity index (χ4n) is 3.11. The highest BCUT2D eigenvalue weighted by Gasteiger charge is 2.10. The molecule has 0 aromatic heterocycles.